The molecule has 0 radical (unpaired) electrons. The highest BCUT2D eigenvalue weighted by Crippen LogP contribution is 2.29. The lowest BCUT2D eigenvalue weighted by Crippen LogP contribution is -2.43. The van der Waals surface area contributed by atoms with E-state index in [4.69, 9.17) is 18.9 Å². The first kappa shape index (κ1) is 24.4. The lowest BCUT2D eigenvalue weighted by molar-refractivity contribution is -0.137. The van der Waals surface area contributed by atoms with E-state index in [0.717, 1.165) is 4.57 Å². The van der Waals surface area contributed by atoms with Gasteiger partial charge in [-0.15, -0.1) is 0 Å². The number of ether oxygens (including phenoxy) is 4. The highest BCUT2D eigenvalue weighted by atomic mass is 19.3. The van der Waals surface area contributed by atoms with Crippen LogP contribution in [-0.2, 0) is 20.9 Å². The Labute approximate surface area is 200 Å². The van der Waals surface area contributed by atoms with Crippen molar-refractivity contribution in [1.82, 2.24) is 14.5 Å². The van der Waals surface area contributed by atoms with Crippen molar-refractivity contribution in [1.29, 1.82) is 0 Å². The Balaban J connectivity index is 1.43. The fraction of sp³-hybridized carbons (Fsp3) is 0.375. The topological polar surface area (TPSA) is 92.1 Å². The summed E-state index contributed by atoms with van der Waals surface area (Å²) in [6.07, 6.45) is 0. The van der Waals surface area contributed by atoms with Crippen molar-refractivity contribution in [3.8, 4) is 11.5 Å². The number of carbonyl (C=O) groups is 2. The van der Waals surface area contributed by atoms with Crippen LogP contribution in [0.1, 0.15) is 29.7 Å². The molecule has 0 bridgehead atoms. The van der Waals surface area contributed by atoms with E-state index in [0.29, 0.717) is 44.2 Å². The average Bonchev–Trinajstić information content (AvgIpc) is 3.25. The molecule has 1 fully saturated rings. The smallest absolute Gasteiger partial charge is 0.338 e. The lowest BCUT2D eigenvalue weighted by atomic mass is 10.2. The summed E-state index contributed by atoms with van der Waals surface area (Å²) in [5.74, 6) is -0.432. The molecule has 11 heteroatoms. The second-order valence-electron chi connectivity index (χ2n) is 7.62. The molecule has 2 heterocycles. The molecular weight excluding hydrogens is 464 g/mol. The second-order valence-corrected chi connectivity index (χ2v) is 7.62. The van der Waals surface area contributed by atoms with Gasteiger partial charge in [-0.05, 0) is 37.3 Å². The van der Waals surface area contributed by atoms with Crippen LogP contribution in [0.4, 0.5) is 8.78 Å². The van der Waals surface area contributed by atoms with Crippen LogP contribution in [-0.4, -0.2) is 65.8 Å². The van der Waals surface area contributed by atoms with Crippen LogP contribution in [0.5, 0.6) is 11.5 Å². The van der Waals surface area contributed by atoms with Crippen LogP contribution in [0.15, 0.2) is 42.5 Å². The van der Waals surface area contributed by atoms with Crippen LogP contribution in [0.2, 0.25) is 0 Å². The fourth-order valence-corrected chi connectivity index (χ4v) is 3.69. The molecule has 1 saturated heterocycles. The number of nitrogens with zero attached hydrogens (tertiary/aromatic N) is 3. The summed E-state index contributed by atoms with van der Waals surface area (Å²) in [7, 11) is 0. The summed E-state index contributed by atoms with van der Waals surface area (Å²) in [6.45, 7) is 0.586. The molecule has 0 saturated carbocycles. The number of fused-ring (bicyclic) bond motifs is 1. The zero-order valence-corrected chi connectivity index (χ0v) is 19.1. The molecule has 1 aliphatic heterocycles. The molecule has 186 valence electrons. The lowest BCUT2D eigenvalue weighted by Gasteiger charge is -2.26. The van der Waals surface area contributed by atoms with Gasteiger partial charge in [0.15, 0.2) is 23.9 Å². The third-order valence-electron chi connectivity index (χ3n) is 5.39. The van der Waals surface area contributed by atoms with Crippen molar-refractivity contribution in [2.75, 3.05) is 39.5 Å². The highest BCUT2D eigenvalue weighted by Gasteiger charge is 2.21. The minimum absolute atomic E-state index is 0.0684. The van der Waals surface area contributed by atoms with Crippen LogP contribution in [0.25, 0.3) is 11.0 Å². The van der Waals surface area contributed by atoms with Crippen LogP contribution >= 0.6 is 0 Å². The number of hydrogen-bond donors (Lipinski definition) is 0. The molecule has 0 atom stereocenters. The number of aromatic nitrogens is 2. The van der Waals surface area contributed by atoms with Crippen molar-refractivity contribution in [2.45, 2.75) is 20.1 Å². The van der Waals surface area contributed by atoms with Gasteiger partial charge >= 0.3 is 12.5 Å². The van der Waals surface area contributed by atoms with E-state index in [2.05, 4.69) is 4.98 Å². The van der Waals surface area contributed by atoms with Gasteiger partial charge in [0.05, 0.1) is 36.4 Å². The Morgan fingerprint density at radius 2 is 1.86 bits per heavy atom. The minimum atomic E-state index is -2.84. The first-order valence-electron chi connectivity index (χ1n) is 11.1. The minimum Gasteiger partial charge on any atom is -0.490 e. The van der Waals surface area contributed by atoms with E-state index in [1.54, 1.807) is 30.0 Å². The third kappa shape index (κ3) is 5.68. The van der Waals surface area contributed by atoms with Gasteiger partial charge in [-0.25, -0.2) is 9.78 Å². The molecule has 0 N–H and O–H groups in total. The number of imidazole rings is 1. The highest BCUT2D eigenvalue weighted by molar-refractivity contribution is 5.90. The van der Waals surface area contributed by atoms with E-state index in [1.807, 2.05) is 0 Å². The molecule has 1 amide bonds. The average molecular weight is 489 g/mol. The molecule has 2 aromatic carbocycles. The van der Waals surface area contributed by atoms with Gasteiger partial charge in [-0.3, -0.25) is 9.36 Å². The van der Waals surface area contributed by atoms with Gasteiger partial charge in [0, 0.05) is 13.1 Å². The Morgan fingerprint density at radius 3 is 2.60 bits per heavy atom. The Hall–Kier alpha value is -3.73. The number of amides is 1. The van der Waals surface area contributed by atoms with E-state index < -0.39 is 19.1 Å². The molecular formula is C24H25F2N3O6. The van der Waals surface area contributed by atoms with Crippen molar-refractivity contribution in [2.24, 2.45) is 0 Å². The number of esters is 1. The van der Waals surface area contributed by atoms with Crippen LogP contribution in [0, 0.1) is 0 Å². The van der Waals surface area contributed by atoms with Crippen LogP contribution in [0.3, 0.4) is 0 Å². The number of halogens is 2. The maximum atomic E-state index is 13.6. The SMILES string of the molecule is CCOc1cc(C(=O)OCc2nc3ccccc3n2C(F)F)ccc1OCC(=O)N1CCOCC1. The number of carbonyl (C=O) groups excluding carboxylic acids is 2. The first-order chi connectivity index (χ1) is 17.0. The Kier molecular flexibility index (Phi) is 7.76. The monoisotopic (exact) mass is 489 g/mol. The summed E-state index contributed by atoms with van der Waals surface area (Å²) in [5, 5.41) is 0. The summed E-state index contributed by atoms with van der Waals surface area (Å²) < 4.78 is 49.6. The maximum Gasteiger partial charge on any atom is 0.338 e. The normalized spacial score (nSPS) is 13.8. The first-order valence-corrected chi connectivity index (χ1v) is 11.1. The number of hydrogen-bond acceptors (Lipinski definition) is 7. The largest absolute Gasteiger partial charge is 0.490 e. The van der Waals surface area contributed by atoms with Crippen LogP contribution < -0.4 is 9.47 Å². The molecule has 0 aliphatic carbocycles. The summed E-state index contributed by atoms with van der Waals surface area (Å²) in [6, 6.07) is 10.8. The number of benzene rings is 2. The van der Waals surface area contributed by atoms with E-state index in [-0.39, 0.29) is 35.2 Å². The third-order valence-corrected chi connectivity index (χ3v) is 5.39. The molecule has 0 unspecified atom stereocenters. The molecule has 1 aromatic heterocycles. The molecule has 3 aromatic rings. The molecule has 4 rings (SSSR count). The molecule has 0 spiro atoms. The number of alkyl halides is 2. The summed E-state index contributed by atoms with van der Waals surface area (Å²) in [4.78, 5) is 30.8. The van der Waals surface area contributed by atoms with Gasteiger partial charge < -0.3 is 23.8 Å². The number of rotatable bonds is 9. The fourth-order valence-electron chi connectivity index (χ4n) is 3.69. The predicted octanol–water partition coefficient (Wildman–Crippen LogP) is 3.42. The van der Waals surface area contributed by atoms with Crippen molar-refractivity contribution in [3.63, 3.8) is 0 Å². The predicted molar refractivity (Wildman–Crippen MR) is 121 cm³/mol. The van der Waals surface area contributed by atoms with E-state index >= 15 is 0 Å². The quantitative estimate of drug-likeness (QED) is 0.425. The molecule has 9 nitrogen and oxygen atoms in total. The van der Waals surface area contributed by atoms with E-state index in [9.17, 15) is 18.4 Å². The van der Waals surface area contributed by atoms with Gasteiger partial charge in [0.25, 0.3) is 5.91 Å². The zero-order chi connectivity index (χ0) is 24.8. The standard InChI is InChI=1S/C24H25F2N3O6/c1-2-33-20-13-16(7-8-19(20)34-15-22(30)28-9-11-32-12-10-28)23(31)35-14-21-27-17-5-3-4-6-18(17)29(21)24(25)26/h3-8,13,24H,2,9-12,14-15H2,1H3. The Morgan fingerprint density at radius 1 is 1.09 bits per heavy atom. The zero-order valence-electron chi connectivity index (χ0n) is 19.1. The molecule has 1 aliphatic rings. The summed E-state index contributed by atoms with van der Waals surface area (Å²) in [5.41, 5.74) is 0.769. The van der Waals surface area contributed by atoms with Crippen molar-refractivity contribution < 1.29 is 37.3 Å². The molecule has 35 heavy (non-hydrogen) atoms. The number of para-hydroxylation sites is 2. The van der Waals surface area contributed by atoms with Crippen molar-refractivity contribution >= 4 is 22.9 Å². The van der Waals surface area contributed by atoms with E-state index in [1.165, 1.54) is 24.3 Å². The van der Waals surface area contributed by atoms with Gasteiger partial charge in [0.1, 0.15) is 6.61 Å². The van der Waals surface area contributed by atoms with Gasteiger partial charge in [0.2, 0.25) is 0 Å². The van der Waals surface area contributed by atoms with Gasteiger partial charge in [-0.1, -0.05) is 12.1 Å². The van der Waals surface area contributed by atoms with Gasteiger partial charge in [-0.2, -0.15) is 8.78 Å². The number of morpholine rings is 1. The second kappa shape index (κ2) is 11.1. The Bertz CT molecular complexity index is 1190. The summed E-state index contributed by atoms with van der Waals surface area (Å²) >= 11 is 0. The van der Waals surface area contributed by atoms with Crippen molar-refractivity contribution in [3.05, 3.63) is 53.9 Å². The maximum absolute atomic E-state index is 13.6.